The number of hydrogen-bond donors (Lipinski definition) is 0. The summed E-state index contributed by atoms with van der Waals surface area (Å²) in [6.45, 7) is 0.394. The van der Waals surface area contributed by atoms with Gasteiger partial charge in [0.1, 0.15) is 4.70 Å². The van der Waals surface area contributed by atoms with Gasteiger partial charge in [0.2, 0.25) is 0 Å². The summed E-state index contributed by atoms with van der Waals surface area (Å²) < 4.78 is 6.99. The molecule has 0 aliphatic heterocycles. The largest absolute Gasteiger partial charge is 0.468 e. The number of thioether (sulfide) groups is 1. The van der Waals surface area contributed by atoms with E-state index in [0.717, 1.165) is 16.0 Å². The van der Waals surface area contributed by atoms with Gasteiger partial charge in [0.15, 0.2) is 5.16 Å². The number of benzene rings is 2. The smallest absolute Gasteiger partial charge is 0.316 e. The second-order valence-corrected chi connectivity index (χ2v) is 8.32. The third-order valence-electron chi connectivity index (χ3n) is 4.39. The van der Waals surface area contributed by atoms with Crippen molar-refractivity contribution in [3.63, 3.8) is 0 Å². The molecule has 4 rings (SSSR count). The van der Waals surface area contributed by atoms with Gasteiger partial charge in [0.05, 0.1) is 24.9 Å². The van der Waals surface area contributed by atoms with Crippen LogP contribution in [-0.4, -0.2) is 28.4 Å². The number of ether oxygens (including phenoxy) is 1. The molecule has 0 bridgehead atoms. The molecule has 5 nitrogen and oxygen atoms in total. The molecule has 146 valence electrons. The van der Waals surface area contributed by atoms with Gasteiger partial charge < -0.3 is 4.74 Å². The molecule has 0 aliphatic carbocycles. The Bertz CT molecular complexity index is 1200. The molecule has 2 heterocycles. The van der Waals surface area contributed by atoms with Crippen LogP contribution in [0.1, 0.15) is 5.56 Å². The van der Waals surface area contributed by atoms with Crippen LogP contribution in [0, 0.1) is 0 Å². The Morgan fingerprint density at radius 1 is 1.10 bits per heavy atom. The minimum absolute atomic E-state index is 0.0961. The summed E-state index contributed by atoms with van der Waals surface area (Å²) in [5.41, 5.74) is 2.60. The first-order valence-corrected chi connectivity index (χ1v) is 10.8. The monoisotopic (exact) mass is 422 g/mol. The fraction of sp³-hybridized carbons (Fsp3) is 0.136. The SMILES string of the molecule is COC(=O)CSc1nc2cc(-c3ccccc3)sc2c(=O)n1Cc1ccccc1. The lowest BCUT2D eigenvalue weighted by Gasteiger charge is -2.11. The van der Waals surface area contributed by atoms with E-state index in [2.05, 4.69) is 0 Å². The Kier molecular flexibility index (Phi) is 5.78. The molecule has 0 fully saturated rings. The molecule has 2 aromatic heterocycles. The van der Waals surface area contributed by atoms with Crippen LogP contribution in [0.5, 0.6) is 0 Å². The van der Waals surface area contributed by atoms with Gasteiger partial charge in [-0.1, -0.05) is 72.4 Å². The number of fused-ring (bicyclic) bond motifs is 1. The molecule has 29 heavy (non-hydrogen) atoms. The van der Waals surface area contributed by atoms with Gasteiger partial charge >= 0.3 is 5.97 Å². The number of methoxy groups -OCH3 is 1. The second kappa shape index (κ2) is 8.63. The maximum absolute atomic E-state index is 13.3. The Morgan fingerprint density at radius 2 is 1.79 bits per heavy atom. The Labute approximate surface area is 176 Å². The van der Waals surface area contributed by atoms with Crippen LogP contribution in [-0.2, 0) is 16.1 Å². The Balaban J connectivity index is 1.81. The van der Waals surface area contributed by atoms with Crippen molar-refractivity contribution in [3.05, 3.63) is 82.6 Å². The number of thiophene rings is 1. The molecule has 0 aliphatic rings. The average molecular weight is 423 g/mol. The van der Waals surface area contributed by atoms with Crippen LogP contribution in [0.25, 0.3) is 20.7 Å². The van der Waals surface area contributed by atoms with E-state index in [1.54, 1.807) is 4.57 Å². The highest BCUT2D eigenvalue weighted by Gasteiger charge is 2.17. The highest BCUT2D eigenvalue weighted by atomic mass is 32.2. The second-order valence-electron chi connectivity index (χ2n) is 6.33. The summed E-state index contributed by atoms with van der Waals surface area (Å²) >= 11 is 2.66. The van der Waals surface area contributed by atoms with Crippen LogP contribution < -0.4 is 5.56 Å². The first-order chi connectivity index (χ1) is 14.2. The topological polar surface area (TPSA) is 61.2 Å². The lowest BCUT2D eigenvalue weighted by molar-refractivity contribution is -0.137. The number of hydrogen-bond acceptors (Lipinski definition) is 6. The van der Waals surface area contributed by atoms with Gasteiger partial charge in [-0.15, -0.1) is 11.3 Å². The minimum Gasteiger partial charge on any atom is -0.468 e. The number of esters is 1. The maximum Gasteiger partial charge on any atom is 0.316 e. The van der Waals surface area contributed by atoms with Gasteiger partial charge in [0.25, 0.3) is 5.56 Å². The quantitative estimate of drug-likeness (QED) is 0.261. The first-order valence-electron chi connectivity index (χ1n) is 8.99. The number of aromatic nitrogens is 2. The summed E-state index contributed by atoms with van der Waals surface area (Å²) in [6, 6.07) is 21.6. The predicted octanol–water partition coefficient (Wildman–Crippen LogP) is 4.44. The summed E-state index contributed by atoms with van der Waals surface area (Å²) in [5, 5.41) is 0.508. The highest BCUT2D eigenvalue weighted by Crippen LogP contribution is 2.32. The van der Waals surface area contributed by atoms with Crippen molar-refractivity contribution in [1.29, 1.82) is 0 Å². The maximum atomic E-state index is 13.3. The van der Waals surface area contributed by atoms with E-state index in [9.17, 15) is 9.59 Å². The van der Waals surface area contributed by atoms with Crippen LogP contribution in [0.15, 0.2) is 76.7 Å². The molecule has 0 radical (unpaired) electrons. The molecular formula is C22H18N2O3S2. The van der Waals surface area contributed by atoms with E-state index < -0.39 is 0 Å². The van der Waals surface area contributed by atoms with E-state index in [1.807, 2.05) is 66.7 Å². The lowest BCUT2D eigenvalue weighted by Crippen LogP contribution is -2.23. The van der Waals surface area contributed by atoms with Crippen molar-refractivity contribution in [3.8, 4) is 10.4 Å². The molecule has 0 saturated heterocycles. The van der Waals surface area contributed by atoms with E-state index >= 15 is 0 Å². The zero-order valence-electron chi connectivity index (χ0n) is 15.7. The molecular weight excluding hydrogens is 404 g/mol. The fourth-order valence-electron chi connectivity index (χ4n) is 2.93. The van der Waals surface area contributed by atoms with Gasteiger partial charge in [-0.2, -0.15) is 0 Å². The lowest BCUT2D eigenvalue weighted by atomic mass is 10.2. The van der Waals surface area contributed by atoms with Gasteiger partial charge in [-0.25, -0.2) is 4.98 Å². The van der Waals surface area contributed by atoms with Crippen molar-refractivity contribution in [2.24, 2.45) is 0 Å². The van der Waals surface area contributed by atoms with Crippen molar-refractivity contribution >= 4 is 39.3 Å². The number of carbonyl (C=O) groups excluding carboxylic acids is 1. The first kappa shape index (κ1) is 19.4. The van der Waals surface area contributed by atoms with Crippen LogP contribution in [0.3, 0.4) is 0 Å². The number of nitrogens with zero attached hydrogens (tertiary/aromatic N) is 2. The minimum atomic E-state index is -0.356. The average Bonchev–Trinajstić information content (AvgIpc) is 3.20. The molecule has 7 heteroatoms. The summed E-state index contributed by atoms with van der Waals surface area (Å²) in [6.07, 6.45) is 0. The van der Waals surface area contributed by atoms with E-state index in [-0.39, 0.29) is 17.3 Å². The van der Waals surface area contributed by atoms with Crippen molar-refractivity contribution in [1.82, 2.24) is 9.55 Å². The summed E-state index contributed by atoms with van der Waals surface area (Å²) in [7, 11) is 1.35. The fourth-order valence-corrected chi connectivity index (χ4v) is 4.82. The Morgan fingerprint density at radius 3 is 2.48 bits per heavy atom. The van der Waals surface area contributed by atoms with Gasteiger partial charge in [-0.05, 0) is 17.2 Å². The van der Waals surface area contributed by atoms with Crippen LogP contribution in [0.4, 0.5) is 0 Å². The van der Waals surface area contributed by atoms with E-state index in [4.69, 9.17) is 9.72 Å². The molecule has 0 saturated carbocycles. The molecule has 0 N–H and O–H groups in total. The molecule has 0 spiro atoms. The summed E-state index contributed by atoms with van der Waals surface area (Å²) in [4.78, 5) is 30.7. The van der Waals surface area contributed by atoms with Crippen molar-refractivity contribution in [2.45, 2.75) is 11.7 Å². The standard InChI is InChI=1S/C22H18N2O3S2/c1-27-19(25)14-28-22-23-17-12-18(16-10-6-3-7-11-16)29-20(17)21(26)24(22)13-15-8-4-2-5-9-15/h2-12H,13-14H2,1H3. The van der Waals surface area contributed by atoms with Crippen molar-refractivity contribution < 1.29 is 9.53 Å². The molecule has 4 aromatic rings. The molecule has 0 amide bonds. The molecule has 0 atom stereocenters. The third-order valence-corrected chi connectivity index (χ3v) is 6.50. The summed E-state index contributed by atoms with van der Waals surface area (Å²) in [5.74, 6) is -0.260. The third kappa shape index (κ3) is 4.26. The van der Waals surface area contributed by atoms with Gasteiger partial charge in [-0.3, -0.25) is 14.2 Å². The van der Waals surface area contributed by atoms with Crippen LogP contribution >= 0.6 is 23.1 Å². The highest BCUT2D eigenvalue weighted by molar-refractivity contribution is 7.99. The normalized spacial score (nSPS) is 10.9. The van der Waals surface area contributed by atoms with E-state index in [1.165, 1.54) is 30.2 Å². The van der Waals surface area contributed by atoms with Crippen molar-refractivity contribution in [2.75, 3.05) is 12.9 Å². The zero-order chi connectivity index (χ0) is 20.2. The van der Waals surface area contributed by atoms with Crippen LogP contribution in [0.2, 0.25) is 0 Å². The molecule has 0 unspecified atom stereocenters. The number of carbonyl (C=O) groups is 1. The predicted molar refractivity (Wildman–Crippen MR) is 118 cm³/mol. The number of rotatable bonds is 6. The molecule has 2 aromatic carbocycles. The Hall–Kier alpha value is -2.90. The van der Waals surface area contributed by atoms with E-state index in [0.29, 0.717) is 21.9 Å². The zero-order valence-corrected chi connectivity index (χ0v) is 17.3. The van der Waals surface area contributed by atoms with Gasteiger partial charge in [0, 0.05) is 4.88 Å².